The molecule has 166 valence electrons. The lowest BCUT2D eigenvalue weighted by molar-refractivity contribution is -1.00. The van der Waals surface area contributed by atoms with Gasteiger partial charge in [-0.3, -0.25) is 9.59 Å². The number of anilines is 2. The molecule has 0 aromatic heterocycles. The van der Waals surface area contributed by atoms with Crippen molar-refractivity contribution in [2.24, 2.45) is 0 Å². The van der Waals surface area contributed by atoms with Crippen molar-refractivity contribution in [3.05, 3.63) is 59.9 Å². The van der Waals surface area contributed by atoms with Crippen molar-refractivity contribution in [3.63, 3.8) is 0 Å². The zero-order valence-electron chi connectivity index (χ0n) is 18.4. The molecule has 2 aromatic carbocycles. The maximum atomic E-state index is 13.2. The summed E-state index contributed by atoms with van der Waals surface area (Å²) in [5.74, 6) is -0.232. The molecule has 3 N–H and O–H groups in total. The SMILES string of the molecule is CCc1ccccc1NC(=O)C[NH+]1CC[NH+](CC(=O)N(CC)c2ccc(F)cc2)CC1. The maximum Gasteiger partial charge on any atom is 0.282 e. The minimum Gasteiger partial charge on any atom is -0.321 e. The Morgan fingerprint density at radius 2 is 1.55 bits per heavy atom. The van der Waals surface area contributed by atoms with Gasteiger partial charge in [-0.15, -0.1) is 0 Å². The third-order valence-corrected chi connectivity index (χ3v) is 5.90. The van der Waals surface area contributed by atoms with Gasteiger partial charge in [0.05, 0.1) is 0 Å². The molecule has 0 saturated carbocycles. The van der Waals surface area contributed by atoms with E-state index >= 15 is 0 Å². The molecular formula is C24H33FN4O2+2. The minimum atomic E-state index is -0.306. The summed E-state index contributed by atoms with van der Waals surface area (Å²) in [6.45, 7) is 8.81. The highest BCUT2D eigenvalue weighted by Crippen LogP contribution is 2.15. The van der Waals surface area contributed by atoms with Crippen molar-refractivity contribution in [1.82, 2.24) is 0 Å². The van der Waals surface area contributed by atoms with Crippen LogP contribution in [0.25, 0.3) is 0 Å². The van der Waals surface area contributed by atoms with Crippen LogP contribution in [0.2, 0.25) is 0 Å². The van der Waals surface area contributed by atoms with E-state index in [1.54, 1.807) is 17.0 Å². The fourth-order valence-electron chi connectivity index (χ4n) is 4.12. The molecule has 1 aliphatic heterocycles. The van der Waals surface area contributed by atoms with Gasteiger partial charge in [-0.05, 0) is 49.2 Å². The van der Waals surface area contributed by atoms with E-state index in [0.717, 1.165) is 49.5 Å². The van der Waals surface area contributed by atoms with Crippen LogP contribution in [0.3, 0.4) is 0 Å². The van der Waals surface area contributed by atoms with Crippen molar-refractivity contribution in [2.45, 2.75) is 20.3 Å². The fraction of sp³-hybridized carbons (Fsp3) is 0.417. The predicted octanol–water partition coefficient (Wildman–Crippen LogP) is 0.163. The quantitative estimate of drug-likeness (QED) is 0.561. The Bertz CT molecular complexity index is 879. The summed E-state index contributed by atoms with van der Waals surface area (Å²) in [4.78, 5) is 29.5. The molecule has 1 saturated heterocycles. The lowest BCUT2D eigenvalue weighted by Crippen LogP contribution is -3.28. The molecule has 2 aromatic rings. The van der Waals surface area contributed by atoms with Gasteiger partial charge in [0.2, 0.25) is 0 Å². The zero-order valence-corrected chi connectivity index (χ0v) is 18.4. The third kappa shape index (κ3) is 6.35. The Kier molecular flexibility index (Phi) is 8.14. The normalized spacial score (nSPS) is 18.4. The number of para-hydroxylation sites is 1. The molecule has 1 aliphatic rings. The average molecular weight is 429 g/mol. The van der Waals surface area contributed by atoms with Crippen molar-refractivity contribution in [1.29, 1.82) is 0 Å². The Morgan fingerprint density at radius 1 is 0.935 bits per heavy atom. The zero-order chi connectivity index (χ0) is 22.2. The van der Waals surface area contributed by atoms with Gasteiger partial charge in [0.15, 0.2) is 13.1 Å². The van der Waals surface area contributed by atoms with E-state index in [4.69, 9.17) is 0 Å². The van der Waals surface area contributed by atoms with Crippen LogP contribution >= 0.6 is 0 Å². The minimum absolute atomic E-state index is 0.0314. The van der Waals surface area contributed by atoms with E-state index in [1.807, 2.05) is 31.2 Å². The molecule has 0 aliphatic carbocycles. The van der Waals surface area contributed by atoms with Crippen LogP contribution in [-0.2, 0) is 16.0 Å². The standard InChI is InChI=1S/C24H31FN4O2/c1-3-19-7-5-6-8-22(19)26-23(30)17-27-13-15-28(16-14-27)18-24(31)29(4-2)21-11-9-20(25)10-12-21/h5-12H,3-4,13-18H2,1-2H3,(H,26,30)/p+2. The Morgan fingerprint density at radius 3 is 2.16 bits per heavy atom. The average Bonchev–Trinajstić information content (AvgIpc) is 2.77. The molecular weight excluding hydrogens is 395 g/mol. The van der Waals surface area contributed by atoms with Gasteiger partial charge in [-0.25, -0.2) is 4.39 Å². The first-order chi connectivity index (χ1) is 15.0. The predicted molar refractivity (Wildman–Crippen MR) is 120 cm³/mol. The first-order valence-electron chi connectivity index (χ1n) is 11.1. The molecule has 0 atom stereocenters. The van der Waals surface area contributed by atoms with Gasteiger partial charge < -0.3 is 20.0 Å². The van der Waals surface area contributed by atoms with Crippen molar-refractivity contribution in [2.75, 3.05) is 56.0 Å². The van der Waals surface area contributed by atoms with Crippen molar-refractivity contribution in [3.8, 4) is 0 Å². The summed E-state index contributed by atoms with van der Waals surface area (Å²) in [7, 11) is 0. The molecule has 1 heterocycles. The largest absolute Gasteiger partial charge is 0.321 e. The molecule has 7 heteroatoms. The Balaban J connectivity index is 1.46. The number of quaternary nitrogens is 2. The molecule has 0 bridgehead atoms. The van der Waals surface area contributed by atoms with Crippen molar-refractivity contribution >= 4 is 23.2 Å². The molecule has 2 amide bonds. The summed E-state index contributed by atoms with van der Waals surface area (Å²) < 4.78 is 13.2. The van der Waals surface area contributed by atoms with Crippen LogP contribution in [0, 0.1) is 5.82 Å². The van der Waals surface area contributed by atoms with Gasteiger partial charge in [0.25, 0.3) is 11.8 Å². The lowest BCUT2D eigenvalue weighted by atomic mass is 10.1. The highest BCUT2D eigenvalue weighted by Gasteiger charge is 2.28. The van der Waals surface area contributed by atoms with Gasteiger partial charge in [-0.2, -0.15) is 0 Å². The first-order valence-corrected chi connectivity index (χ1v) is 11.1. The summed E-state index contributed by atoms with van der Waals surface area (Å²) in [5.41, 5.74) is 2.76. The Labute approximate surface area is 183 Å². The number of hydrogen-bond acceptors (Lipinski definition) is 2. The number of nitrogens with zero attached hydrogens (tertiary/aromatic N) is 1. The summed E-state index contributed by atoms with van der Waals surface area (Å²) >= 11 is 0. The summed E-state index contributed by atoms with van der Waals surface area (Å²) in [5, 5.41) is 3.04. The number of aryl methyl sites for hydroxylation is 1. The number of carbonyl (C=O) groups excluding carboxylic acids is 2. The van der Waals surface area contributed by atoms with E-state index < -0.39 is 0 Å². The first kappa shape index (κ1) is 22.9. The number of halogens is 1. The third-order valence-electron chi connectivity index (χ3n) is 5.90. The summed E-state index contributed by atoms with van der Waals surface area (Å²) in [6.07, 6.45) is 0.881. The Hall–Kier alpha value is -2.77. The molecule has 0 radical (unpaired) electrons. The van der Waals surface area contributed by atoms with Gasteiger partial charge in [-0.1, -0.05) is 25.1 Å². The smallest absolute Gasteiger partial charge is 0.282 e. The van der Waals surface area contributed by atoms with Crippen LogP contribution in [0.4, 0.5) is 15.8 Å². The summed E-state index contributed by atoms with van der Waals surface area (Å²) in [6, 6.07) is 13.9. The monoisotopic (exact) mass is 428 g/mol. The lowest BCUT2D eigenvalue weighted by Gasteiger charge is -2.30. The number of rotatable bonds is 8. The van der Waals surface area contributed by atoms with Crippen LogP contribution in [0.5, 0.6) is 0 Å². The van der Waals surface area contributed by atoms with Gasteiger partial charge in [0.1, 0.15) is 32.0 Å². The van der Waals surface area contributed by atoms with Gasteiger partial charge >= 0.3 is 0 Å². The van der Waals surface area contributed by atoms with E-state index in [-0.39, 0.29) is 17.6 Å². The highest BCUT2D eigenvalue weighted by atomic mass is 19.1. The van der Waals surface area contributed by atoms with Gasteiger partial charge in [0, 0.05) is 17.9 Å². The second-order valence-corrected chi connectivity index (χ2v) is 8.03. The maximum absolute atomic E-state index is 13.2. The number of likely N-dealkylation sites (N-methyl/N-ethyl adjacent to an activating group) is 1. The molecule has 0 unspecified atom stereocenters. The number of amides is 2. The van der Waals surface area contributed by atoms with E-state index in [0.29, 0.717) is 19.6 Å². The molecule has 3 rings (SSSR count). The second kappa shape index (κ2) is 11.0. The molecule has 31 heavy (non-hydrogen) atoms. The van der Waals surface area contributed by atoms with E-state index in [1.165, 1.54) is 21.9 Å². The van der Waals surface area contributed by atoms with Crippen LogP contribution < -0.4 is 20.0 Å². The fourth-order valence-corrected chi connectivity index (χ4v) is 4.12. The number of piperazine rings is 1. The topological polar surface area (TPSA) is 58.3 Å². The number of nitrogens with one attached hydrogen (secondary N) is 3. The highest BCUT2D eigenvalue weighted by molar-refractivity contribution is 5.94. The van der Waals surface area contributed by atoms with Crippen LogP contribution in [0.1, 0.15) is 19.4 Å². The van der Waals surface area contributed by atoms with Crippen molar-refractivity contribution < 1.29 is 23.8 Å². The number of carbonyl (C=O) groups is 2. The van der Waals surface area contributed by atoms with E-state index in [2.05, 4.69) is 12.2 Å². The molecule has 0 spiro atoms. The second-order valence-electron chi connectivity index (χ2n) is 8.03. The number of benzene rings is 2. The molecule has 1 fully saturated rings. The van der Waals surface area contributed by atoms with Crippen LogP contribution in [0.15, 0.2) is 48.5 Å². The van der Waals surface area contributed by atoms with Crippen LogP contribution in [-0.4, -0.2) is 57.6 Å². The van der Waals surface area contributed by atoms with E-state index in [9.17, 15) is 14.0 Å². The molecule has 6 nitrogen and oxygen atoms in total. The number of hydrogen-bond donors (Lipinski definition) is 3.